The number of nitro benzene ring substituents is 1. The van der Waals surface area contributed by atoms with Gasteiger partial charge in [-0.15, -0.1) is 0 Å². The predicted octanol–water partition coefficient (Wildman–Crippen LogP) is 4.71. The molecule has 1 N–H and O–H groups in total. The monoisotopic (exact) mass is 414 g/mol. The molecule has 126 valence electrons. The van der Waals surface area contributed by atoms with E-state index in [4.69, 9.17) is 0 Å². The number of nitrogens with zero attached hydrogens (tertiary/aromatic N) is 1. The summed E-state index contributed by atoms with van der Waals surface area (Å²) in [6, 6.07) is 6.84. The number of nitro groups is 1. The van der Waals surface area contributed by atoms with E-state index in [0.717, 1.165) is 18.0 Å². The zero-order chi connectivity index (χ0) is 17.9. The SMILES string of the molecule is COC(=O)c1cc([N+](=O)[O-])ccc1SNc1cc(Br)c(F)cc1C. The van der Waals surface area contributed by atoms with E-state index < -0.39 is 10.9 Å². The Bertz CT molecular complexity index is 816. The molecule has 0 atom stereocenters. The second-order valence-electron chi connectivity index (χ2n) is 4.71. The fourth-order valence-corrected chi connectivity index (χ4v) is 3.03. The second-order valence-corrected chi connectivity index (χ2v) is 6.42. The van der Waals surface area contributed by atoms with E-state index in [1.807, 2.05) is 0 Å². The number of esters is 1. The van der Waals surface area contributed by atoms with Gasteiger partial charge in [0.1, 0.15) is 5.82 Å². The highest BCUT2D eigenvalue weighted by molar-refractivity contribution is 9.10. The Morgan fingerprint density at radius 1 is 1.38 bits per heavy atom. The van der Waals surface area contributed by atoms with Gasteiger partial charge >= 0.3 is 5.97 Å². The smallest absolute Gasteiger partial charge is 0.339 e. The van der Waals surface area contributed by atoms with Crippen LogP contribution >= 0.6 is 27.9 Å². The lowest BCUT2D eigenvalue weighted by atomic mass is 10.2. The predicted molar refractivity (Wildman–Crippen MR) is 92.8 cm³/mol. The highest BCUT2D eigenvalue weighted by Crippen LogP contribution is 2.31. The standard InChI is InChI=1S/C15H12BrFN2O4S/c1-8-5-12(17)11(16)7-13(8)18-24-14-4-3-9(19(21)22)6-10(14)15(20)23-2/h3-7,18H,1-2H3. The van der Waals surface area contributed by atoms with Crippen LogP contribution in [0.1, 0.15) is 15.9 Å². The van der Waals surface area contributed by atoms with Gasteiger partial charge in [0.25, 0.3) is 5.69 Å². The average molecular weight is 415 g/mol. The van der Waals surface area contributed by atoms with Crippen molar-refractivity contribution >= 4 is 45.2 Å². The molecule has 0 aliphatic rings. The van der Waals surface area contributed by atoms with Crippen LogP contribution in [0.15, 0.2) is 39.7 Å². The number of non-ortho nitro benzene ring substituents is 1. The van der Waals surface area contributed by atoms with Crippen molar-refractivity contribution in [2.75, 3.05) is 11.8 Å². The molecule has 0 aliphatic carbocycles. The maximum Gasteiger partial charge on any atom is 0.339 e. The van der Waals surface area contributed by atoms with Crippen LogP contribution in [0.25, 0.3) is 0 Å². The zero-order valence-electron chi connectivity index (χ0n) is 12.6. The number of benzene rings is 2. The molecule has 2 aromatic carbocycles. The first-order valence-corrected chi connectivity index (χ1v) is 8.19. The first kappa shape index (κ1) is 18.2. The molecule has 9 heteroatoms. The second kappa shape index (κ2) is 7.63. The molecule has 2 aromatic rings. The minimum absolute atomic E-state index is 0.0723. The molecule has 0 bridgehead atoms. The van der Waals surface area contributed by atoms with E-state index in [2.05, 4.69) is 25.4 Å². The molecule has 6 nitrogen and oxygen atoms in total. The molecule has 2 rings (SSSR count). The van der Waals surface area contributed by atoms with E-state index in [0.29, 0.717) is 20.6 Å². The Morgan fingerprint density at radius 2 is 2.08 bits per heavy atom. The van der Waals surface area contributed by atoms with Crippen LogP contribution in [0.3, 0.4) is 0 Å². The number of hydrogen-bond donors (Lipinski definition) is 1. The molecule has 0 unspecified atom stereocenters. The van der Waals surface area contributed by atoms with Gasteiger partial charge in [-0.05, 0) is 58.6 Å². The molecule has 0 aromatic heterocycles. The van der Waals surface area contributed by atoms with E-state index in [-0.39, 0.29) is 17.1 Å². The molecular formula is C15H12BrFN2O4S. The number of ether oxygens (including phenoxy) is 1. The minimum atomic E-state index is -0.681. The molecular weight excluding hydrogens is 403 g/mol. The van der Waals surface area contributed by atoms with Crippen LogP contribution in [0.4, 0.5) is 15.8 Å². The third-order valence-electron chi connectivity index (χ3n) is 3.12. The highest BCUT2D eigenvalue weighted by atomic mass is 79.9. The lowest BCUT2D eigenvalue weighted by Crippen LogP contribution is -2.05. The number of anilines is 1. The van der Waals surface area contributed by atoms with Gasteiger partial charge in [-0.1, -0.05) is 0 Å². The van der Waals surface area contributed by atoms with Crippen LogP contribution in [0, 0.1) is 22.9 Å². The van der Waals surface area contributed by atoms with E-state index in [9.17, 15) is 19.3 Å². The van der Waals surface area contributed by atoms with Crippen molar-refractivity contribution in [3.63, 3.8) is 0 Å². The van der Waals surface area contributed by atoms with Gasteiger partial charge in [-0.2, -0.15) is 0 Å². The summed E-state index contributed by atoms with van der Waals surface area (Å²) < 4.78 is 21.4. The quantitative estimate of drug-likeness (QED) is 0.330. The molecule has 0 saturated carbocycles. The van der Waals surface area contributed by atoms with Crippen molar-refractivity contribution in [1.29, 1.82) is 0 Å². The number of rotatable bonds is 5. The van der Waals surface area contributed by atoms with Crippen LogP contribution in [0.2, 0.25) is 0 Å². The highest BCUT2D eigenvalue weighted by Gasteiger charge is 2.18. The van der Waals surface area contributed by atoms with Crippen molar-refractivity contribution in [1.82, 2.24) is 0 Å². The normalized spacial score (nSPS) is 10.3. The molecule has 0 amide bonds. The fourth-order valence-electron chi connectivity index (χ4n) is 1.86. The Morgan fingerprint density at radius 3 is 2.71 bits per heavy atom. The van der Waals surface area contributed by atoms with Crippen molar-refractivity contribution in [3.8, 4) is 0 Å². The number of carbonyl (C=O) groups is 1. The molecule has 0 fully saturated rings. The summed E-state index contributed by atoms with van der Waals surface area (Å²) in [5.41, 5.74) is 1.18. The number of aryl methyl sites for hydroxylation is 1. The Balaban J connectivity index is 2.31. The topological polar surface area (TPSA) is 81.5 Å². The van der Waals surface area contributed by atoms with E-state index in [1.54, 1.807) is 13.0 Å². The third-order valence-corrected chi connectivity index (χ3v) is 4.62. The van der Waals surface area contributed by atoms with Gasteiger partial charge in [0, 0.05) is 22.7 Å². The summed E-state index contributed by atoms with van der Waals surface area (Å²) >= 11 is 4.18. The summed E-state index contributed by atoms with van der Waals surface area (Å²) in [6.07, 6.45) is 0. The van der Waals surface area contributed by atoms with E-state index >= 15 is 0 Å². The van der Waals surface area contributed by atoms with Crippen LogP contribution in [-0.2, 0) is 4.74 Å². The van der Waals surface area contributed by atoms with Crippen molar-refractivity contribution in [2.45, 2.75) is 11.8 Å². The Kier molecular flexibility index (Phi) is 5.79. The molecule has 0 saturated heterocycles. The molecule has 0 spiro atoms. The number of hydrogen-bond acceptors (Lipinski definition) is 6. The number of carbonyl (C=O) groups excluding carboxylic acids is 1. The van der Waals surface area contributed by atoms with Gasteiger partial charge < -0.3 is 9.46 Å². The van der Waals surface area contributed by atoms with Gasteiger partial charge in [0.2, 0.25) is 0 Å². The number of nitrogens with one attached hydrogen (secondary N) is 1. The summed E-state index contributed by atoms with van der Waals surface area (Å²) in [7, 11) is 1.20. The zero-order valence-corrected chi connectivity index (χ0v) is 15.0. The van der Waals surface area contributed by atoms with Crippen molar-refractivity contribution < 1.29 is 18.8 Å². The van der Waals surface area contributed by atoms with Gasteiger partial charge in [-0.25, -0.2) is 9.18 Å². The summed E-state index contributed by atoms with van der Waals surface area (Å²) in [5, 5.41) is 10.9. The average Bonchev–Trinajstić information content (AvgIpc) is 2.56. The fraction of sp³-hybridized carbons (Fsp3) is 0.133. The largest absolute Gasteiger partial charge is 0.465 e. The first-order valence-electron chi connectivity index (χ1n) is 6.58. The lowest BCUT2D eigenvalue weighted by molar-refractivity contribution is -0.384. The number of halogens is 2. The van der Waals surface area contributed by atoms with E-state index in [1.165, 1.54) is 25.3 Å². The lowest BCUT2D eigenvalue weighted by Gasteiger charge is -2.12. The van der Waals surface area contributed by atoms with Gasteiger partial charge in [-0.3, -0.25) is 10.1 Å². The van der Waals surface area contributed by atoms with Crippen LogP contribution < -0.4 is 4.72 Å². The Hall–Kier alpha value is -2.13. The van der Waals surface area contributed by atoms with Crippen molar-refractivity contribution in [2.24, 2.45) is 0 Å². The van der Waals surface area contributed by atoms with Crippen LogP contribution in [0.5, 0.6) is 0 Å². The van der Waals surface area contributed by atoms with Gasteiger partial charge in [0.15, 0.2) is 0 Å². The number of methoxy groups -OCH3 is 1. The third kappa shape index (κ3) is 4.04. The first-order chi connectivity index (χ1) is 11.3. The van der Waals surface area contributed by atoms with Crippen LogP contribution in [-0.4, -0.2) is 18.0 Å². The Labute approximate surface area is 149 Å². The summed E-state index contributed by atoms with van der Waals surface area (Å²) in [4.78, 5) is 22.6. The molecule has 0 radical (unpaired) electrons. The maximum absolute atomic E-state index is 13.5. The van der Waals surface area contributed by atoms with Gasteiger partial charge in [0.05, 0.1) is 22.1 Å². The summed E-state index contributed by atoms with van der Waals surface area (Å²) in [6.45, 7) is 1.73. The summed E-state index contributed by atoms with van der Waals surface area (Å²) in [5.74, 6) is -1.06. The molecule has 0 heterocycles. The van der Waals surface area contributed by atoms with Crippen molar-refractivity contribution in [3.05, 3.63) is 61.9 Å². The minimum Gasteiger partial charge on any atom is -0.465 e. The molecule has 24 heavy (non-hydrogen) atoms. The molecule has 0 aliphatic heterocycles. The maximum atomic E-state index is 13.5.